The average Bonchev–Trinajstić information content (AvgIpc) is 3.03. The molecule has 2 N–H and O–H groups in total. The van der Waals surface area contributed by atoms with Crippen LogP contribution in [-0.4, -0.2) is 38.3 Å². The van der Waals surface area contributed by atoms with Crippen LogP contribution in [0.15, 0.2) is 30.3 Å². The lowest BCUT2D eigenvalue weighted by molar-refractivity contribution is -0.121. The van der Waals surface area contributed by atoms with Gasteiger partial charge in [0.1, 0.15) is 0 Å². The van der Waals surface area contributed by atoms with E-state index in [1.807, 2.05) is 18.2 Å². The van der Waals surface area contributed by atoms with Crippen molar-refractivity contribution in [1.82, 2.24) is 10.6 Å². The zero-order valence-electron chi connectivity index (χ0n) is 12.6. The lowest BCUT2D eigenvalue weighted by Crippen LogP contribution is -2.37. The van der Waals surface area contributed by atoms with Crippen LogP contribution < -0.4 is 10.6 Å². The van der Waals surface area contributed by atoms with Crippen LogP contribution in [0, 0.1) is 0 Å². The van der Waals surface area contributed by atoms with Gasteiger partial charge in [0, 0.05) is 25.6 Å². The molecule has 1 saturated heterocycles. The maximum absolute atomic E-state index is 11.7. The molecule has 0 bridgehead atoms. The number of nitrogens with one attached hydrogen (secondary N) is 2. The molecule has 4 nitrogen and oxygen atoms in total. The second-order valence-electron chi connectivity index (χ2n) is 5.55. The zero-order chi connectivity index (χ0) is 14.8. The van der Waals surface area contributed by atoms with E-state index >= 15 is 0 Å². The van der Waals surface area contributed by atoms with Gasteiger partial charge in [-0.05, 0) is 37.8 Å². The molecule has 0 radical (unpaired) electrons. The third-order valence-corrected chi connectivity index (χ3v) is 3.78. The van der Waals surface area contributed by atoms with E-state index in [-0.39, 0.29) is 5.91 Å². The first kappa shape index (κ1) is 16.0. The summed E-state index contributed by atoms with van der Waals surface area (Å²) in [6, 6.07) is 10.8. The van der Waals surface area contributed by atoms with Crippen LogP contribution in [0.1, 0.15) is 31.2 Å². The molecule has 1 atom stereocenters. The van der Waals surface area contributed by atoms with E-state index in [2.05, 4.69) is 22.8 Å². The van der Waals surface area contributed by atoms with Crippen molar-refractivity contribution in [3.8, 4) is 0 Å². The minimum Gasteiger partial charge on any atom is -0.381 e. The standard InChI is InChI=1S/C17H26N2O2/c20-17(19-14-16-8-4-11-18-16)9-5-12-21-13-10-15-6-2-1-3-7-15/h1-3,6-7,16,18H,4-5,8-14H2,(H,19,20). The van der Waals surface area contributed by atoms with Crippen molar-refractivity contribution in [1.29, 1.82) is 0 Å². The number of ether oxygens (including phenoxy) is 1. The van der Waals surface area contributed by atoms with Gasteiger partial charge in [-0.3, -0.25) is 4.79 Å². The molecule has 1 heterocycles. The molecule has 1 aromatic carbocycles. The number of rotatable bonds is 9. The molecule has 1 aromatic rings. The second kappa shape index (κ2) is 9.53. The second-order valence-corrected chi connectivity index (χ2v) is 5.55. The average molecular weight is 290 g/mol. The Balaban J connectivity index is 1.43. The van der Waals surface area contributed by atoms with E-state index in [9.17, 15) is 4.79 Å². The Labute approximate surface area is 127 Å². The summed E-state index contributed by atoms with van der Waals surface area (Å²) in [5.41, 5.74) is 1.29. The Kier molecular flexibility index (Phi) is 7.25. The van der Waals surface area contributed by atoms with E-state index in [0.717, 1.165) is 32.5 Å². The summed E-state index contributed by atoms with van der Waals surface area (Å²) in [6.45, 7) is 3.21. The van der Waals surface area contributed by atoms with Crippen LogP contribution in [0.2, 0.25) is 0 Å². The quantitative estimate of drug-likeness (QED) is 0.683. The summed E-state index contributed by atoms with van der Waals surface area (Å²) >= 11 is 0. The maximum atomic E-state index is 11.7. The molecule has 21 heavy (non-hydrogen) atoms. The normalized spacial score (nSPS) is 17.8. The van der Waals surface area contributed by atoms with E-state index in [0.29, 0.717) is 19.1 Å². The minimum absolute atomic E-state index is 0.135. The summed E-state index contributed by atoms with van der Waals surface area (Å²) in [7, 11) is 0. The number of hydrogen-bond donors (Lipinski definition) is 2. The van der Waals surface area contributed by atoms with Crippen LogP contribution in [0.25, 0.3) is 0 Å². The molecule has 0 aliphatic carbocycles. The number of carbonyl (C=O) groups excluding carboxylic acids is 1. The number of carbonyl (C=O) groups is 1. The molecule has 2 rings (SSSR count). The smallest absolute Gasteiger partial charge is 0.220 e. The third-order valence-electron chi connectivity index (χ3n) is 3.78. The Morgan fingerprint density at radius 2 is 2.14 bits per heavy atom. The Morgan fingerprint density at radius 3 is 2.90 bits per heavy atom. The van der Waals surface area contributed by atoms with Gasteiger partial charge < -0.3 is 15.4 Å². The molecular formula is C17H26N2O2. The summed E-state index contributed by atoms with van der Waals surface area (Å²) in [5.74, 6) is 0.135. The first-order valence-corrected chi connectivity index (χ1v) is 7.96. The first-order chi connectivity index (χ1) is 10.3. The van der Waals surface area contributed by atoms with Crippen molar-refractivity contribution in [3.05, 3.63) is 35.9 Å². The van der Waals surface area contributed by atoms with Crippen LogP contribution in [-0.2, 0) is 16.0 Å². The molecule has 4 heteroatoms. The maximum Gasteiger partial charge on any atom is 0.220 e. The molecule has 0 aromatic heterocycles. The van der Waals surface area contributed by atoms with Gasteiger partial charge in [-0.2, -0.15) is 0 Å². The van der Waals surface area contributed by atoms with Crippen LogP contribution in [0.3, 0.4) is 0 Å². The predicted molar refractivity (Wildman–Crippen MR) is 84.2 cm³/mol. The SMILES string of the molecule is O=C(CCCOCCc1ccccc1)NCC1CCCN1. The van der Waals surface area contributed by atoms with Crippen molar-refractivity contribution in [2.45, 2.75) is 38.1 Å². The molecule has 0 spiro atoms. The van der Waals surface area contributed by atoms with Gasteiger partial charge >= 0.3 is 0 Å². The summed E-state index contributed by atoms with van der Waals surface area (Å²) in [6.07, 6.45) is 4.66. The predicted octanol–water partition coefficient (Wildman–Crippen LogP) is 1.89. The molecular weight excluding hydrogens is 264 g/mol. The first-order valence-electron chi connectivity index (χ1n) is 7.96. The van der Waals surface area contributed by atoms with Crippen molar-refractivity contribution in [2.75, 3.05) is 26.3 Å². The summed E-state index contributed by atoms with van der Waals surface area (Å²) < 4.78 is 5.57. The van der Waals surface area contributed by atoms with E-state index in [1.54, 1.807) is 0 Å². The van der Waals surface area contributed by atoms with Crippen molar-refractivity contribution in [3.63, 3.8) is 0 Å². The molecule has 1 amide bonds. The van der Waals surface area contributed by atoms with Crippen molar-refractivity contribution >= 4 is 5.91 Å². The largest absolute Gasteiger partial charge is 0.381 e. The van der Waals surface area contributed by atoms with Crippen LogP contribution in [0.5, 0.6) is 0 Å². The van der Waals surface area contributed by atoms with E-state index in [4.69, 9.17) is 4.74 Å². The zero-order valence-corrected chi connectivity index (χ0v) is 12.6. The van der Waals surface area contributed by atoms with Crippen LogP contribution >= 0.6 is 0 Å². The lowest BCUT2D eigenvalue weighted by Gasteiger charge is -2.11. The van der Waals surface area contributed by atoms with Gasteiger partial charge in [0.15, 0.2) is 0 Å². The van der Waals surface area contributed by atoms with Gasteiger partial charge in [-0.15, -0.1) is 0 Å². The molecule has 116 valence electrons. The molecule has 1 fully saturated rings. The third kappa shape index (κ3) is 6.74. The molecule has 0 saturated carbocycles. The Morgan fingerprint density at radius 1 is 1.29 bits per heavy atom. The van der Waals surface area contributed by atoms with Gasteiger partial charge in [0.2, 0.25) is 5.91 Å². The van der Waals surface area contributed by atoms with Crippen LogP contribution in [0.4, 0.5) is 0 Å². The van der Waals surface area contributed by atoms with Gasteiger partial charge in [0.25, 0.3) is 0 Å². The highest BCUT2D eigenvalue weighted by atomic mass is 16.5. The topological polar surface area (TPSA) is 50.4 Å². The molecule has 1 aliphatic rings. The monoisotopic (exact) mass is 290 g/mol. The fourth-order valence-corrected chi connectivity index (χ4v) is 2.53. The van der Waals surface area contributed by atoms with Gasteiger partial charge in [-0.1, -0.05) is 30.3 Å². The van der Waals surface area contributed by atoms with Gasteiger partial charge in [0.05, 0.1) is 6.61 Å². The van der Waals surface area contributed by atoms with E-state index < -0.39 is 0 Å². The van der Waals surface area contributed by atoms with Crippen molar-refractivity contribution < 1.29 is 9.53 Å². The highest BCUT2D eigenvalue weighted by molar-refractivity contribution is 5.75. The molecule has 1 aliphatic heterocycles. The fourth-order valence-electron chi connectivity index (χ4n) is 2.53. The van der Waals surface area contributed by atoms with E-state index in [1.165, 1.54) is 18.4 Å². The number of hydrogen-bond acceptors (Lipinski definition) is 3. The number of benzene rings is 1. The van der Waals surface area contributed by atoms with Crippen molar-refractivity contribution in [2.24, 2.45) is 0 Å². The fraction of sp³-hybridized carbons (Fsp3) is 0.588. The van der Waals surface area contributed by atoms with Gasteiger partial charge in [-0.25, -0.2) is 0 Å². The minimum atomic E-state index is 0.135. The summed E-state index contributed by atoms with van der Waals surface area (Å²) in [4.78, 5) is 11.7. The highest BCUT2D eigenvalue weighted by Gasteiger charge is 2.14. The number of amides is 1. The Hall–Kier alpha value is -1.39. The highest BCUT2D eigenvalue weighted by Crippen LogP contribution is 2.03. The Bertz CT molecular complexity index is 403. The lowest BCUT2D eigenvalue weighted by atomic mass is 10.2. The summed E-state index contributed by atoms with van der Waals surface area (Å²) in [5, 5.41) is 6.36. The molecule has 1 unspecified atom stereocenters.